The van der Waals surface area contributed by atoms with Gasteiger partial charge in [0, 0.05) is 39.2 Å². The largest absolute Gasteiger partial charge is 0.395 e. The fraction of sp³-hybridized carbons (Fsp3) is 0.714. The molecule has 6 heteroatoms. The second-order valence-corrected chi connectivity index (χ2v) is 4.51. The number of hydrogen-bond donors (Lipinski definition) is 2. The maximum atomic E-state index is 9.20. The normalized spacial score (nSPS) is 10.6. The monoisotopic (exact) mass is 282 g/mol. The molecule has 0 aliphatic rings. The lowest BCUT2D eigenvalue weighted by atomic mass is 10.3. The zero-order chi connectivity index (χ0) is 14.8. The first-order valence-electron chi connectivity index (χ1n) is 7.21. The van der Waals surface area contributed by atoms with E-state index in [1.54, 1.807) is 7.11 Å². The van der Waals surface area contributed by atoms with Crippen molar-refractivity contribution in [2.75, 3.05) is 50.2 Å². The van der Waals surface area contributed by atoms with Crippen molar-refractivity contribution < 1.29 is 9.84 Å². The molecule has 1 aromatic heterocycles. The van der Waals surface area contributed by atoms with Crippen LogP contribution in [-0.4, -0.2) is 55.0 Å². The fourth-order valence-electron chi connectivity index (χ4n) is 1.92. The summed E-state index contributed by atoms with van der Waals surface area (Å²) >= 11 is 0. The van der Waals surface area contributed by atoms with Crippen molar-refractivity contribution in [3.8, 4) is 0 Å². The quantitative estimate of drug-likeness (QED) is 0.674. The summed E-state index contributed by atoms with van der Waals surface area (Å²) in [6.45, 7) is 6.90. The molecule has 2 N–H and O–H groups in total. The highest BCUT2D eigenvalue weighted by Gasteiger charge is 2.11. The number of hydrogen-bond acceptors (Lipinski definition) is 6. The third-order valence-electron chi connectivity index (χ3n) is 2.85. The minimum atomic E-state index is 0.0906. The summed E-state index contributed by atoms with van der Waals surface area (Å²) in [5.74, 6) is 2.51. The molecular formula is C14H26N4O2. The van der Waals surface area contributed by atoms with Gasteiger partial charge in [-0.3, -0.25) is 0 Å². The fourth-order valence-corrected chi connectivity index (χ4v) is 1.92. The minimum Gasteiger partial charge on any atom is -0.395 e. The Kier molecular flexibility index (Phi) is 7.91. The van der Waals surface area contributed by atoms with Crippen LogP contribution in [0.15, 0.2) is 6.07 Å². The summed E-state index contributed by atoms with van der Waals surface area (Å²) in [5.41, 5.74) is 0. The highest BCUT2D eigenvalue weighted by molar-refractivity contribution is 5.49. The summed E-state index contributed by atoms with van der Waals surface area (Å²) < 4.78 is 5.11. The minimum absolute atomic E-state index is 0.0906. The smallest absolute Gasteiger partial charge is 0.134 e. The summed E-state index contributed by atoms with van der Waals surface area (Å²) in [7, 11) is 1.67. The van der Waals surface area contributed by atoms with Crippen LogP contribution in [0.1, 0.15) is 26.1 Å². The molecule has 0 aliphatic heterocycles. The predicted octanol–water partition coefficient (Wildman–Crippen LogP) is 1.31. The van der Waals surface area contributed by atoms with E-state index in [9.17, 15) is 5.11 Å². The van der Waals surface area contributed by atoms with Crippen molar-refractivity contribution in [3.05, 3.63) is 11.9 Å². The first-order valence-corrected chi connectivity index (χ1v) is 7.21. The Balaban J connectivity index is 2.97. The van der Waals surface area contributed by atoms with Gasteiger partial charge in [0.05, 0.1) is 13.2 Å². The average Bonchev–Trinajstić information content (AvgIpc) is 2.44. The van der Waals surface area contributed by atoms with Gasteiger partial charge in [0.25, 0.3) is 0 Å². The number of nitrogens with one attached hydrogen (secondary N) is 1. The van der Waals surface area contributed by atoms with Crippen LogP contribution in [0.5, 0.6) is 0 Å². The first kappa shape index (κ1) is 16.7. The molecule has 0 aliphatic carbocycles. The summed E-state index contributed by atoms with van der Waals surface area (Å²) in [6.07, 6.45) is 1.86. The van der Waals surface area contributed by atoms with E-state index in [0.717, 1.165) is 36.8 Å². The molecule has 0 spiro atoms. The van der Waals surface area contributed by atoms with Gasteiger partial charge in [-0.1, -0.05) is 6.92 Å². The molecule has 0 saturated carbocycles. The second-order valence-electron chi connectivity index (χ2n) is 4.51. The Morgan fingerprint density at radius 3 is 2.70 bits per heavy atom. The summed E-state index contributed by atoms with van der Waals surface area (Å²) in [4.78, 5) is 11.1. The average molecular weight is 282 g/mol. The number of nitrogens with zero attached hydrogens (tertiary/aromatic N) is 3. The van der Waals surface area contributed by atoms with Gasteiger partial charge in [-0.05, 0) is 13.3 Å². The molecule has 0 amide bonds. The van der Waals surface area contributed by atoms with E-state index in [0.29, 0.717) is 19.7 Å². The molecule has 1 rings (SSSR count). The molecule has 0 bridgehead atoms. The van der Waals surface area contributed by atoms with E-state index in [-0.39, 0.29) is 6.61 Å². The lowest BCUT2D eigenvalue weighted by molar-refractivity contribution is 0.202. The van der Waals surface area contributed by atoms with Gasteiger partial charge in [-0.25, -0.2) is 9.97 Å². The third kappa shape index (κ3) is 5.30. The molecule has 0 radical (unpaired) electrons. The number of rotatable bonds is 10. The van der Waals surface area contributed by atoms with Crippen LogP contribution < -0.4 is 10.2 Å². The molecule has 1 heterocycles. The Hall–Kier alpha value is -1.40. The molecule has 0 saturated heterocycles. The van der Waals surface area contributed by atoms with Gasteiger partial charge in [-0.2, -0.15) is 0 Å². The molecule has 0 atom stereocenters. The Morgan fingerprint density at radius 2 is 2.10 bits per heavy atom. The number of ether oxygens (including phenoxy) is 1. The highest BCUT2D eigenvalue weighted by atomic mass is 16.5. The van der Waals surface area contributed by atoms with Gasteiger partial charge < -0.3 is 20.1 Å². The Bertz CT molecular complexity index is 363. The van der Waals surface area contributed by atoms with E-state index in [4.69, 9.17) is 4.74 Å². The zero-order valence-electron chi connectivity index (χ0n) is 12.7. The van der Waals surface area contributed by atoms with Gasteiger partial charge in [-0.15, -0.1) is 0 Å². The number of aryl methyl sites for hydroxylation is 1. The lowest BCUT2D eigenvalue weighted by Crippen LogP contribution is -2.31. The van der Waals surface area contributed by atoms with Crippen molar-refractivity contribution in [1.29, 1.82) is 0 Å². The van der Waals surface area contributed by atoms with Gasteiger partial charge in [0.15, 0.2) is 0 Å². The summed E-state index contributed by atoms with van der Waals surface area (Å²) in [5, 5.41) is 12.4. The molecule has 0 unspecified atom stereocenters. The van der Waals surface area contributed by atoms with E-state index in [1.165, 1.54) is 0 Å². The third-order valence-corrected chi connectivity index (χ3v) is 2.85. The van der Waals surface area contributed by atoms with Crippen molar-refractivity contribution >= 4 is 11.6 Å². The Morgan fingerprint density at radius 1 is 1.30 bits per heavy atom. The maximum Gasteiger partial charge on any atom is 0.134 e. The molecular weight excluding hydrogens is 256 g/mol. The number of aromatic nitrogens is 2. The van der Waals surface area contributed by atoms with Gasteiger partial charge >= 0.3 is 0 Å². The van der Waals surface area contributed by atoms with Crippen LogP contribution >= 0.6 is 0 Å². The number of aliphatic hydroxyl groups excluding tert-OH is 1. The standard InChI is InChI=1S/C14H26N4O2/c1-4-6-12-16-13(15-5-2)11-14(17-12)18(7-9-19)8-10-20-3/h11,19H,4-10H2,1-3H3,(H,15,16,17). The van der Waals surface area contributed by atoms with E-state index in [1.807, 2.05) is 17.9 Å². The van der Waals surface area contributed by atoms with E-state index < -0.39 is 0 Å². The van der Waals surface area contributed by atoms with Gasteiger partial charge in [0.1, 0.15) is 17.5 Å². The van der Waals surface area contributed by atoms with Crippen LogP contribution in [0.4, 0.5) is 11.6 Å². The van der Waals surface area contributed by atoms with Crippen molar-refractivity contribution in [1.82, 2.24) is 9.97 Å². The highest BCUT2D eigenvalue weighted by Crippen LogP contribution is 2.16. The van der Waals surface area contributed by atoms with Gasteiger partial charge in [0.2, 0.25) is 0 Å². The van der Waals surface area contributed by atoms with Crippen molar-refractivity contribution in [2.45, 2.75) is 26.7 Å². The van der Waals surface area contributed by atoms with Crippen LogP contribution in [0.2, 0.25) is 0 Å². The van der Waals surface area contributed by atoms with E-state index >= 15 is 0 Å². The lowest BCUT2D eigenvalue weighted by Gasteiger charge is -2.23. The summed E-state index contributed by atoms with van der Waals surface area (Å²) in [6, 6.07) is 1.92. The maximum absolute atomic E-state index is 9.20. The van der Waals surface area contributed by atoms with Crippen molar-refractivity contribution in [2.24, 2.45) is 0 Å². The van der Waals surface area contributed by atoms with Crippen molar-refractivity contribution in [3.63, 3.8) is 0 Å². The predicted molar refractivity (Wildman–Crippen MR) is 81.4 cm³/mol. The molecule has 20 heavy (non-hydrogen) atoms. The van der Waals surface area contributed by atoms with Crippen LogP contribution in [0.25, 0.3) is 0 Å². The van der Waals surface area contributed by atoms with Crippen LogP contribution in [0.3, 0.4) is 0 Å². The first-order chi connectivity index (χ1) is 9.74. The molecule has 0 fully saturated rings. The van der Waals surface area contributed by atoms with E-state index in [2.05, 4.69) is 22.2 Å². The molecule has 114 valence electrons. The molecule has 6 nitrogen and oxygen atoms in total. The topological polar surface area (TPSA) is 70.5 Å². The molecule has 1 aromatic rings. The second kappa shape index (κ2) is 9.50. The SMILES string of the molecule is CCCc1nc(NCC)cc(N(CCO)CCOC)n1. The number of anilines is 2. The number of methoxy groups -OCH3 is 1. The number of aliphatic hydroxyl groups is 1. The molecule has 0 aromatic carbocycles. The zero-order valence-corrected chi connectivity index (χ0v) is 12.7. The van der Waals surface area contributed by atoms with Crippen LogP contribution in [-0.2, 0) is 11.2 Å². The Labute approximate surface area is 121 Å². The van der Waals surface area contributed by atoms with Crippen LogP contribution in [0, 0.1) is 0 Å².